The molecule has 0 spiro atoms. The van der Waals surface area contributed by atoms with Gasteiger partial charge in [-0.3, -0.25) is 4.79 Å². The molecule has 3 aromatic rings. The van der Waals surface area contributed by atoms with Crippen molar-refractivity contribution in [2.75, 3.05) is 18.0 Å². The Bertz CT molecular complexity index is 1190. The number of rotatable bonds is 6. The van der Waals surface area contributed by atoms with E-state index < -0.39 is 17.4 Å². The normalized spacial score (nSPS) is 15.0. The van der Waals surface area contributed by atoms with Crippen LogP contribution in [0.25, 0.3) is 11.6 Å². The van der Waals surface area contributed by atoms with Crippen LogP contribution in [0.15, 0.2) is 34.7 Å². The van der Waals surface area contributed by atoms with Gasteiger partial charge in [0.05, 0.1) is 5.02 Å². The Hall–Kier alpha value is -3.78. The summed E-state index contributed by atoms with van der Waals surface area (Å²) in [5, 5.41) is 26.0. The van der Waals surface area contributed by atoms with Crippen molar-refractivity contribution in [3.05, 3.63) is 47.1 Å². The van der Waals surface area contributed by atoms with E-state index in [4.69, 9.17) is 25.5 Å². The second-order valence-corrected chi connectivity index (χ2v) is 7.74. The van der Waals surface area contributed by atoms with Gasteiger partial charge < -0.3 is 18.8 Å². The third kappa shape index (κ3) is 5.18. The third-order valence-electron chi connectivity index (χ3n) is 5.03. The first-order valence-electron chi connectivity index (χ1n) is 9.97. The molecule has 1 aliphatic heterocycles. The first-order chi connectivity index (χ1) is 15.9. The molecule has 4 rings (SSSR count). The smallest absolute Gasteiger partial charge is 0.303 e. The maximum Gasteiger partial charge on any atom is 0.303 e. The molecule has 0 bridgehead atoms. The zero-order valence-corrected chi connectivity index (χ0v) is 18.3. The lowest BCUT2D eigenvalue weighted by Crippen LogP contribution is -2.47. The van der Waals surface area contributed by atoms with E-state index in [1.807, 2.05) is 4.90 Å². The lowest BCUT2D eigenvalue weighted by atomic mass is 9.92. The summed E-state index contributed by atoms with van der Waals surface area (Å²) in [6, 6.07) is 9.44. The van der Waals surface area contributed by atoms with Gasteiger partial charge in [-0.25, -0.2) is 4.39 Å². The van der Waals surface area contributed by atoms with Crippen LogP contribution < -0.4 is 9.64 Å². The van der Waals surface area contributed by atoms with Crippen molar-refractivity contribution in [2.24, 2.45) is 0 Å². The van der Waals surface area contributed by atoms with Crippen molar-refractivity contribution in [3.63, 3.8) is 0 Å². The number of halogens is 2. The molecule has 0 saturated carbocycles. The van der Waals surface area contributed by atoms with Gasteiger partial charge in [-0.1, -0.05) is 11.6 Å². The van der Waals surface area contributed by atoms with Crippen LogP contribution in [0.4, 0.5) is 10.2 Å². The standard InChI is InChI=1S/C21H18ClFN6O4/c1-13(30)31-11-19-27-28-20(32-19)16-4-5-18(26-25-16)29-8-6-21(12-24,7-9-29)33-17-10-14(23)2-3-15(17)22/h2-5,10H,6-9,11H2,1H3. The van der Waals surface area contributed by atoms with Gasteiger partial charge in [-0.2, -0.15) is 5.26 Å². The van der Waals surface area contributed by atoms with E-state index in [0.29, 0.717) is 37.4 Å². The van der Waals surface area contributed by atoms with Crippen LogP contribution in [0, 0.1) is 17.1 Å². The predicted octanol–water partition coefficient (Wildman–Crippen LogP) is 3.32. The highest BCUT2D eigenvalue weighted by molar-refractivity contribution is 6.32. The maximum absolute atomic E-state index is 13.6. The van der Waals surface area contributed by atoms with Crippen molar-refractivity contribution in [2.45, 2.75) is 32.0 Å². The second-order valence-electron chi connectivity index (χ2n) is 7.33. The molecule has 0 atom stereocenters. The van der Waals surface area contributed by atoms with Crippen molar-refractivity contribution >= 4 is 23.4 Å². The van der Waals surface area contributed by atoms with Gasteiger partial charge in [0, 0.05) is 38.9 Å². The number of carbonyl (C=O) groups excluding carboxylic acids is 1. The summed E-state index contributed by atoms with van der Waals surface area (Å²) in [6.45, 7) is 2.11. The van der Waals surface area contributed by atoms with E-state index in [0.717, 1.165) is 0 Å². The van der Waals surface area contributed by atoms with Crippen LogP contribution in [-0.2, 0) is 16.1 Å². The number of esters is 1. The quantitative estimate of drug-likeness (QED) is 0.492. The minimum atomic E-state index is -1.12. The van der Waals surface area contributed by atoms with Crippen LogP contribution in [0.3, 0.4) is 0 Å². The SMILES string of the molecule is CC(=O)OCc1nnc(-c2ccc(N3CCC(C#N)(Oc4cc(F)ccc4Cl)CC3)nn2)o1. The number of piperidine rings is 1. The first-order valence-corrected chi connectivity index (χ1v) is 10.4. The van der Waals surface area contributed by atoms with Crippen molar-refractivity contribution < 1.29 is 23.1 Å². The number of nitriles is 1. The molecule has 1 saturated heterocycles. The summed E-state index contributed by atoms with van der Waals surface area (Å²) >= 11 is 6.09. The maximum atomic E-state index is 13.6. The Morgan fingerprint density at radius 1 is 1.24 bits per heavy atom. The topological polar surface area (TPSA) is 127 Å². The van der Waals surface area contributed by atoms with E-state index in [2.05, 4.69) is 26.5 Å². The van der Waals surface area contributed by atoms with Gasteiger partial charge in [0.15, 0.2) is 18.0 Å². The number of ether oxygens (including phenoxy) is 2. The van der Waals surface area contributed by atoms with Gasteiger partial charge in [0.1, 0.15) is 23.3 Å². The van der Waals surface area contributed by atoms with Crippen LogP contribution in [0.5, 0.6) is 5.75 Å². The molecule has 0 unspecified atom stereocenters. The monoisotopic (exact) mass is 472 g/mol. The van der Waals surface area contributed by atoms with E-state index in [1.54, 1.807) is 12.1 Å². The molecule has 3 heterocycles. The predicted molar refractivity (Wildman–Crippen MR) is 113 cm³/mol. The molecule has 170 valence electrons. The van der Waals surface area contributed by atoms with E-state index >= 15 is 0 Å². The summed E-state index contributed by atoms with van der Waals surface area (Å²) in [4.78, 5) is 12.8. The minimum Gasteiger partial charge on any atom is -0.471 e. The van der Waals surface area contributed by atoms with E-state index in [1.165, 1.54) is 25.1 Å². The first kappa shape index (κ1) is 22.4. The van der Waals surface area contributed by atoms with Crippen LogP contribution in [0.1, 0.15) is 25.7 Å². The molecule has 0 radical (unpaired) electrons. The molecule has 1 aliphatic rings. The Balaban J connectivity index is 1.40. The zero-order valence-electron chi connectivity index (χ0n) is 17.5. The number of carbonyl (C=O) groups is 1. The van der Waals surface area contributed by atoms with Crippen LogP contribution >= 0.6 is 11.6 Å². The molecule has 1 aromatic carbocycles. The Kier molecular flexibility index (Phi) is 6.37. The minimum absolute atomic E-state index is 0.120. The number of nitrogens with zero attached hydrogens (tertiary/aromatic N) is 6. The van der Waals surface area contributed by atoms with Crippen LogP contribution in [-0.4, -0.2) is 45.1 Å². The second kappa shape index (κ2) is 9.38. The molecule has 33 heavy (non-hydrogen) atoms. The average Bonchev–Trinajstić information content (AvgIpc) is 3.30. The van der Waals surface area contributed by atoms with Crippen molar-refractivity contribution in [1.29, 1.82) is 5.26 Å². The van der Waals surface area contributed by atoms with E-state index in [9.17, 15) is 14.4 Å². The van der Waals surface area contributed by atoms with Gasteiger partial charge in [0.25, 0.3) is 11.8 Å². The molecular weight excluding hydrogens is 455 g/mol. The van der Waals surface area contributed by atoms with Gasteiger partial charge in [0.2, 0.25) is 0 Å². The third-order valence-corrected chi connectivity index (χ3v) is 5.35. The molecule has 10 nitrogen and oxygen atoms in total. The fourth-order valence-corrected chi connectivity index (χ4v) is 3.44. The summed E-state index contributed by atoms with van der Waals surface area (Å²) in [5.74, 6) is 0.101. The molecule has 0 N–H and O–H groups in total. The summed E-state index contributed by atoms with van der Waals surface area (Å²) in [5.41, 5.74) is -0.753. The van der Waals surface area contributed by atoms with Gasteiger partial charge in [-0.05, 0) is 24.3 Å². The van der Waals surface area contributed by atoms with Crippen molar-refractivity contribution in [3.8, 4) is 23.4 Å². The highest BCUT2D eigenvalue weighted by atomic mass is 35.5. The number of hydrogen-bond donors (Lipinski definition) is 0. The highest BCUT2D eigenvalue weighted by Gasteiger charge is 2.38. The van der Waals surface area contributed by atoms with E-state index in [-0.39, 0.29) is 29.2 Å². The van der Waals surface area contributed by atoms with Crippen molar-refractivity contribution in [1.82, 2.24) is 20.4 Å². The Labute approximate surface area is 192 Å². The lowest BCUT2D eigenvalue weighted by Gasteiger charge is -2.37. The average molecular weight is 473 g/mol. The summed E-state index contributed by atoms with van der Waals surface area (Å²) in [6.07, 6.45) is 0.728. The zero-order chi connectivity index (χ0) is 23.4. The number of benzene rings is 1. The van der Waals surface area contributed by atoms with Gasteiger partial charge in [-0.15, -0.1) is 20.4 Å². The fourth-order valence-electron chi connectivity index (χ4n) is 3.29. The molecule has 1 fully saturated rings. The fraction of sp³-hybridized carbons (Fsp3) is 0.333. The number of anilines is 1. The molecular formula is C21H18ClFN6O4. The van der Waals surface area contributed by atoms with Gasteiger partial charge >= 0.3 is 5.97 Å². The Morgan fingerprint density at radius 3 is 2.70 bits per heavy atom. The molecule has 0 amide bonds. The Morgan fingerprint density at radius 2 is 2.03 bits per heavy atom. The number of aromatic nitrogens is 4. The lowest BCUT2D eigenvalue weighted by molar-refractivity contribution is -0.142. The number of hydrogen-bond acceptors (Lipinski definition) is 10. The largest absolute Gasteiger partial charge is 0.471 e. The summed E-state index contributed by atoms with van der Waals surface area (Å²) < 4.78 is 29.6. The van der Waals surface area contributed by atoms with Crippen LogP contribution in [0.2, 0.25) is 5.02 Å². The summed E-state index contributed by atoms with van der Waals surface area (Å²) in [7, 11) is 0. The molecule has 2 aromatic heterocycles. The molecule has 12 heteroatoms. The molecule has 0 aliphatic carbocycles. The highest BCUT2D eigenvalue weighted by Crippen LogP contribution is 2.34.